The minimum absolute atomic E-state index is 0.0440. The van der Waals surface area contributed by atoms with Crippen molar-refractivity contribution in [1.82, 2.24) is 0 Å². The Morgan fingerprint density at radius 2 is 1.42 bits per heavy atom. The lowest BCUT2D eigenvalue weighted by molar-refractivity contribution is 0.112. The van der Waals surface area contributed by atoms with Crippen LogP contribution in [0.4, 0.5) is 8.78 Å². The third-order valence-corrected chi connectivity index (χ3v) is 3.62. The van der Waals surface area contributed by atoms with Crippen molar-refractivity contribution in [2.24, 2.45) is 0 Å². The van der Waals surface area contributed by atoms with Crippen LogP contribution >= 0.6 is 31.9 Å². The molecule has 19 heavy (non-hydrogen) atoms. The van der Waals surface area contributed by atoms with E-state index in [1.807, 2.05) is 18.2 Å². The van der Waals surface area contributed by atoms with Gasteiger partial charge in [0.2, 0.25) is 0 Å². The normalized spacial score (nSPS) is 9.74. The van der Waals surface area contributed by atoms with E-state index in [1.54, 1.807) is 24.3 Å². The molecule has 0 aliphatic heterocycles. The van der Waals surface area contributed by atoms with E-state index in [0.717, 1.165) is 10.8 Å². The van der Waals surface area contributed by atoms with E-state index in [0.29, 0.717) is 10.0 Å². The van der Waals surface area contributed by atoms with Gasteiger partial charge in [0, 0.05) is 20.1 Å². The smallest absolute Gasteiger partial charge is 0.264 e. The van der Waals surface area contributed by atoms with Crippen LogP contribution in [0.5, 0.6) is 0 Å². The van der Waals surface area contributed by atoms with Crippen LogP contribution in [0.25, 0.3) is 0 Å². The predicted octanol–water partition coefficient (Wildman–Crippen LogP) is 5.65. The number of aldehydes is 1. The van der Waals surface area contributed by atoms with Crippen LogP contribution in [0.15, 0.2) is 57.5 Å². The highest BCUT2D eigenvalue weighted by Crippen LogP contribution is 2.26. The molecule has 0 fully saturated rings. The lowest BCUT2D eigenvalue weighted by Gasteiger charge is -1.99. The summed E-state index contributed by atoms with van der Waals surface area (Å²) < 4.78 is 25.3. The van der Waals surface area contributed by atoms with Crippen LogP contribution in [0.2, 0.25) is 0 Å². The Bertz CT molecular complexity index is 544. The summed E-state index contributed by atoms with van der Waals surface area (Å²) in [7, 11) is 0. The Labute approximate surface area is 126 Å². The molecule has 0 radical (unpaired) electrons. The third-order valence-electron chi connectivity index (χ3n) is 2.17. The zero-order valence-electron chi connectivity index (χ0n) is 9.69. The second-order valence-corrected chi connectivity index (χ2v) is 5.17. The van der Waals surface area contributed by atoms with Crippen molar-refractivity contribution in [1.29, 1.82) is 0 Å². The molecule has 0 atom stereocenters. The molecule has 5 heteroatoms. The van der Waals surface area contributed by atoms with E-state index < -0.39 is 6.43 Å². The summed E-state index contributed by atoms with van der Waals surface area (Å²) in [6.07, 6.45) is -1.57. The third kappa shape index (κ3) is 5.20. The molecule has 0 spiro atoms. The van der Waals surface area contributed by atoms with Gasteiger partial charge in [0.25, 0.3) is 6.43 Å². The van der Waals surface area contributed by atoms with Crippen LogP contribution in [0.3, 0.4) is 0 Å². The van der Waals surface area contributed by atoms with Gasteiger partial charge in [0.15, 0.2) is 6.29 Å². The SMILES string of the molecule is FC(F)c1ccccc1Br.O=Cc1ccccc1Br. The Morgan fingerprint density at radius 3 is 1.79 bits per heavy atom. The predicted molar refractivity (Wildman–Crippen MR) is 78.6 cm³/mol. The number of hydrogen-bond donors (Lipinski definition) is 0. The maximum absolute atomic E-state index is 12.0. The van der Waals surface area contributed by atoms with Crippen molar-refractivity contribution >= 4 is 38.1 Å². The molecule has 100 valence electrons. The number of hydrogen-bond acceptors (Lipinski definition) is 1. The molecule has 2 aromatic carbocycles. The summed E-state index contributed by atoms with van der Waals surface area (Å²) in [6.45, 7) is 0. The topological polar surface area (TPSA) is 17.1 Å². The van der Waals surface area contributed by atoms with Crippen molar-refractivity contribution < 1.29 is 13.6 Å². The summed E-state index contributed by atoms with van der Waals surface area (Å²) in [4.78, 5) is 10.2. The Balaban J connectivity index is 0.000000191. The van der Waals surface area contributed by atoms with E-state index in [-0.39, 0.29) is 5.56 Å². The number of carbonyl (C=O) groups is 1. The van der Waals surface area contributed by atoms with Gasteiger partial charge in [-0.15, -0.1) is 0 Å². The Morgan fingerprint density at radius 1 is 0.895 bits per heavy atom. The lowest BCUT2D eigenvalue weighted by Crippen LogP contribution is -1.83. The maximum Gasteiger partial charge on any atom is 0.264 e. The maximum atomic E-state index is 12.0. The van der Waals surface area contributed by atoms with Gasteiger partial charge < -0.3 is 0 Å². The highest BCUT2D eigenvalue weighted by atomic mass is 79.9. The molecule has 0 unspecified atom stereocenters. The van der Waals surface area contributed by atoms with Crippen molar-refractivity contribution in [3.63, 3.8) is 0 Å². The number of benzene rings is 2. The van der Waals surface area contributed by atoms with Gasteiger partial charge in [-0.3, -0.25) is 4.79 Å². The highest BCUT2D eigenvalue weighted by molar-refractivity contribution is 9.10. The fourth-order valence-electron chi connectivity index (χ4n) is 1.22. The van der Waals surface area contributed by atoms with Crippen molar-refractivity contribution in [3.8, 4) is 0 Å². The van der Waals surface area contributed by atoms with Crippen molar-refractivity contribution in [3.05, 3.63) is 68.6 Å². The van der Waals surface area contributed by atoms with Crippen molar-refractivity contribution in [2.75, 3.05) is 0 Å². The Hall–Kier alpha value is -1.07. The fraction of sp³-hybridized carbons (Fsp3) is 0.0714. The molecule has 0 amide bonds. The summed E-state index contributed by atoms with van der Waals surface area (Å²) in [6, 6.07) is 13.6. The van der Waals surface area contributed by atoms with E-state index in [1.165, 1.54) is 6.07 Å². The molecule has 0 saturated heterocycles. The molecule has 1 nitrogen and oxygen atoms in total. The molecular formula is C14H10Br2F2O. The Kier molecular flexibility index (Phi) is 6.87. The molecule has 0 saturated carbocycles. The zero-order chi connectivity index (χ0) is 14.3. The number of halogens is 4. The average molecular weight is 392 g/mol. The largest absolute Gasteiger partial charge is 0.298 e. The first kappa shape index (κ1) is 16.0. The van der Waals surface area contributed by atoms with E-state index in [4.69, 9.17) is 0 Å². The molecule has 0 aromatic heterocycles. The standard InChI is InChI=1S/C7H5BrF2.C7H5BrO/c8-6-4-2-1-3-5(6)7(9)10;8-7-4-2-1-3-6(7)5-9/h1-4,7H;1-5H. The summed E-state index contributed by atoms with van der Waals surface area (Å²) in [5, 5.41) is 0. The molecular weight excluding hydrogens is 382 g/mol. The van der Waals surface area contributed by atoms with Crippen LogP contribution < -0.4 is 0 Å². The molecule has 0 aliphatic carbocycles. The van der Waals surface area contributed by atoms with Gasteiger partial charge in [0.05, 0.1) is 0 Å². The number of alkyl halides is 2. The zero-order valence-corrected chi connectivity index (χ0v) is 12.9. The van der Waals surface area contributed by atoms with Gasteiger partial charge in [-0.1, -0.05) is 68.3 Å². The monoisotopic (exact) mass is 390 g/mol. The summed E-state index contributed by atoms with van der Waals surface area (Å²) in [5.41, 5.74) is 0.736. The minimum atomic E-state index is -2.39. The van der Waals surface area contributed by atoms with Crippen LogP contribution in [0, 0.1) is 0 Å². The first-order valence-electron chi connectivity index (χ1n) is 5.28. The summed E-state index contributed by atoms with van der Waals surface area (Å²) in [5.74, 6) is 0. The van der Waals surface area contributed by atoms with Crippen molar-refractivity contribution in [2.45, 2.75) is 6.43 Å². The number of rotatable bonds is 2. The van der Waals surface area contributed by atoms with E-state index in [9.17, 15) is 13.6 Å². The summed E-state index contributed by atoms with van der Waals surface area (Å²) >= 11 is 6.24. The highest BCUT2D eigenvalue weighted by Gasteiger charge is 2.08. The molecule has 2 rings (SSSR count). The van der Waals surface area contributed by atoms with Gasteiger partial charge in [-0.25, -0.2) is 8.78 Å². The van der Waals surface area contributed by atoms with E-state index >= 15 is 0 Å². The average Bonchev–Trinajstić information content (AvgIpc) is 2.40. The lowest BCUT2D eigenvalue weighted by atomic mass is 10.2. The first-order valence-corrected chi connectivity index (χ1v) is 6.87. The minimum Gasteiger partial charge on any atom is -0.298 e. The van der Waals surface area contributed by atoms with Crippen LogP contribution in [-0.2, 0) is 0 Å². The fourth-order valence-corrected chi connectivity index (χ4v) is 2.06. The molecule has 0 heterocycles. The van der Waals surface area contributed by atoms with Gasteiger partial charge in [-0.2, -0.15) is 0 Å². The first-order chi connectivity index (χ1) is 9.06. The van der Waals surface area contributed by atoms with E-state index in [2.05, 4.69) is 31.9 Å². The molecule has 2 aromatic rings. The quantitative estimate of drug-likeness (QED) is 0.604. The van der Waals surface area contributed by atoms with Gasteiger partial charge in [0.1, 0.15) is 0 Å². The second-order valence-electron chi connectivity index (χ2n) is 3.46. The second kappa shape index (κ2) is 8.17. The molecule has 0 aliphatic rings. The molecule has 0 bridgehead atoms. The van der Waals surface area contributed by atoms with Crippen LogP contribution in [0.1, 0.15) is 22.3 Å². The van der Waals surface area contributed by atoms with Gasteiger partial charge in [-0.05, 0) is 12.1 Å². The molecule has 0 N–H and O–H groups in total. The van der Waals surface area contributed by atoms with Crippen LogP contribution in [-0.4, -0.2) is 6.29 Å². The number of carbonyl (C=O) groups excluding carboxylic acids is 1. The van der Waals surface area contributed by atoms with Gasteiger partial charge >= 0.3 is 0 Å².